The largest absolute Gasteiger partial charge is 0.352 e. The zero-order valence-electron chi connectivity index (χ0n) is 16.8. The molecule has 5 rings (SSSR count). The number of imidazole rings is 1. The molecule has 0 aliphatic carbocycles. The number of rotatable bonds is 4. The van der Waals surface area contributed by atoms with E-state index in [4.69, 9.17) is 10.1 Å². The second-order valence-corrected chi connectivity index (χ2v) is 7.52. The molecule has 1 aromatic carbocycles. The molecule has 0 bridgehead atoms. The van der Waals surface area contributed by atoms with E-state index < -0.39 is 0 Å². The first kappa shape index (κ1) is 18.7. The van der Waals surface area contributed by atoms with E-state index in [1.165, 1.54) is 12.1 Å². The summed E-state index contributed by atoms with van der Waals surface area (Å²) >= 11 is 0. The summed E-state index contributed by atoms with van der Waals surface area (Å²) in [6.45, 7) is 4.99. The molecule has 0 unspecified atom stereocenters. The van der Waals surface area contributed by atoms with Crippen LogP contribution in [0.3, 0.4) is 0 Å². The molecule has 1 N–H and O–H groups in total. The normalized spacial score (nSPS) is 16.9. The van der Waals surface area contributed by atoms with E-state index in [2.05, 4.69) is 22.1 Å². The number of pyridine rings is 1. The molecule has 0 spiro atoms. The van der Waals surface area contributed by atoms with Crippen molar-refractivity contribution in [2.45, 2.75) is 19.4 Å². The summed E-state index contributed by atoms with van der Waals surface area (Å²) in [5, 5.41) is 8.51. The highest BCUT2D eigenvalue weighted by Crippen LogP contribution is 2.32. The molecule has 0 saturated carbocycles. The fraction of sp³-hybridized carbons (Fsp3) is 0.261. The highest BCUT2D eigenvalue weighted by Gasteiger charge is 2.22. The van der Waals surface area contributed by atoms with Crippen LogP contribution < -0.4 is 10.2 Å². The van der Waals surface area contributed by atoms with Crippen LogP contribution >= 0.6 is 0 Å². The average Bonchev–Trinajstić information content (AvgIpc) is 3.19. The second-order valence-electron chi connectivity index (χ2n) is 7.52. The van der Waals surface area contributed by atoms with Crippen molar-refractivity contribution < 1.29 is 4.39 Å². The van der Waals surface area contributed by atoms with Crippen LogP contribution in [0, 0.1) is 5.82 Å². The molecule has 4 aromatic rings. The SMILES string of the molecule is CC[C@@H]1CN(c2ccc3nc(-c4ccc(F)cc4)c(-c4ccncc4)n3n2)CCN1. The number of hydrogen-bond donors (Lipinski definition) is 1. The van der Waals surface area contributed by atoms with Crippen molar-refractivity contribution in [3.63, 3.8) is 0 Å². The lowest BCUT2D eigenvalue weighted by Crippen LogP contribution is -2.50. The maximum atomic E-state index is 13.5. The van der Waals surface area contributed by atoms with Crippen molar-refractivity contribution in [2.75, 3.05) is 24.5 Å². The van der Waals surface area contributed by atoms with Crippen molar-refractivity contribution in [1.29, 1.82) is 0 Å². The third-order valence-electron chi connectivity index (χ3n) is 5.61. The van der Waals surface area contributed by atoms with E-state index in [9.17, 15) is 4.39 Å². The summed E-state index contributed by atoms with van der Waals surface area (Å²) < 4.78 is 15.4. The van der Waals surface area contributed by atoms with Crippen LogP contribution in [-0.4, -0.2) is 45.3 Å². The van der Waals surface area contributed by atoms with Gasteiger partial charge in [0.2, 0.25) is 0 Å². The minimum Gasteiger partial charge on any atom is -0.352 e. The summed E-state index contributed by atoms with van der Waals surface area (Å²) in [4.78, 5) is 11.3. The molecule has 1 aliphatic rings. The highest BCUT2D eigenvalue weighted by molar-refractivity contribution is 5.81. The predicted octanol–water partition coefficient (Wildman–Crippen LogP) is 3.79. The van der Waals surface area contributed by atoms with Gasteiger partial charge in [0.1, 0.15) is 17.3 Å². The molecule has 4 heterocycles. The van der Waals surface area contributed by atoms with Gasteiger partial charge in [-0.2, -0.15) is 0 Å². The van der Waals surface area contributed by atoms with E-state index in [0.29, 0.717) is 6.04 Å². The molecule has 3 aromatic heterocycles. The highest BCUT2D eigenvalue weighted by atomic mass is 19.1. The zero-order chi connectivity index (χ0) is 20.5. The molecule has 1 atom stereocenters. The Morgan fingerprint density at radius 3 is 2.60 bits per heavy atom. The summed E-state index contributed by atoms with van der Waals surface area (Å²) in [5.41, 5.74) is 4.23. The number of halogens is 1. The molecule has 7 heteroatoms. The minimum atomic E-state index is -0.266. The van der Waals surface area contributed by atoms with Gasteiger partial charge in [-0.05, 0) is 55.0 Å². The number of nitrogens with one attached hydrogen (secondary N) is 1. The van der Waals surface area contributed by atoms with E-state index >= 15 is 0 Å². The summed E-state index contributed by atoms with van der Waals surface area (Å²) in [5.74, 6) is 0.665. The van der Waals surface area contributed by atoms with Crippen LogP contribution in [0.15, 0.2) is 60.9 Å². The maximum Gasteiger partial charge on any atom is 0.155 e. The summed E-state index contributed by atoms with van der Waals surface area (Å²) in [6, 6.07) is 14.8. The monoisotopic (exact) mass is 402 g/mol. The molecule has 6 nitrogen and oxygen atoms in total. The van der Waals surface area contributed by atoms with Crippen molar-refractivity contribution in [1.82, 2.24) is 24.9 Å². The van der Waals surface area contributed by atoms with Gasteiger partial charge in [0.05, 0.1) is 5.69 Å². The number of fused-ring (bicyclic) bond motifs is 1. The molecule has 1 saturated heterocycles. The Hall–Kier alpha value is -3.32. The van der Waals surface area contributed by atoms with E-state index in [1.807, 2.05) is 28.8 Å². The van der Waals surface area contributed by atoms with Gasteiger partial charge in [-0.25, -0.2) is 13.9 Å². The van der Waals surface area contributed by atoms with Gasteiger partial charge in [0.25, 0.3) is 0 Å². The molecular formula is C23H23FN6. The smallest absolute Gasteiger partial charge is 0.155 e. The fourth-order valence-electron chi connectivity index (χ4n) is 3.98. The maximum absolute atomic E-state index is 13.5. The van der Waals surface area contributed by atoms with Crippen LogP contribution in [0.1, 0.15) is 13.3 Å². The Labute approximate surface area is 174 Å². The van der Waals surface area contributed by atoms with Gasteiger partial charge in [-0.1, -0.05) is 6.92 Å². The van der Waals surface area contributed by atoms with Crippen LogP contribution in [-0.2, 0) is 0 Å². The first-order chi connectivity index (χ1) is 14.7. The van der Waals surface area contributed by atoms with Gasteiger partial charge in [0.15, 0.2) is 5.65 Å². The van der Waals surface area contributed by atoms with Crippen molar-refractivity contribution in [2.24, 2.45) is 0 Å². The lowest BCUT2D eigenvalue weighted by atomic mass is 10.1. The Morgan fingerprint density at radius 1 is 1.03 bits per heavy atom. The van der Waals surface area contributed by atoms with Gasteiger partial charge < -0.3 is 10.2 Å². The van der Waals surface area contributed by atoms with Crippen LogP contribution in [0.5, 0.6) is 0 Å². The van der Waals surface area contributed by atoms with E-state index in [0.717, 1.165) is 60.0 Å². The molecular weight excluding hydrogens is 379 g/mol. The van der Waals surface area contributed by atoms with Gasteiger partial charge in [-0.3, -0.25) is 4.98 Å². The minimum absolute atomic E-state index is 0.266. The topological polar surface area (TPSA) is 58.4 Å². The Kier molecular flexibility index (Phi) is 4.88. The molecule has 30 heavy (non-hydrogen) atoms. The van der Waals surface area contributed by atoms with Crippen molar-refractivity contribution in [3.8, 4) is 22.5 Å². The van der Waals surface area contributed by atoms with Crippen molar-refractivity contribution in [3.05, 3.63) is 66.7 Å². The second kappa shape index (κ2) is 7.84. The summed E-state index contributed by atoms with van der Waals surface area (Å²) in [6.07, 6.45) is 4.60. The molecule has 1 fully saturated rings. The predicted molar refractivity (Wildman–Crippen MR) is 116 cm³/mol. The number of piperazine rings is 1. The Balaban J connectivity index is 1.66. The van der Waals surface area contributed by atoms with E-state index in [-0.39, 0.29) is 5.82 Å². The van der Waals surface area contributed by atoms with Crippen LogP contribution in [0.25, 0.3) is 28.2 Å². The fourth-order valence-corrected chi connectivity index (χ4v) is 3.98. The van der Waals surface area contributed by atoms with E-state index in [1.54, 1.807) is 24.5 Å². The quantitative estimate of drug-likeness (QED) is 0.563. The lowest BCUT2D eigenvalue weighted by Gasteiger charge is -2.33. The van der Waals surface area contributed by atoms with Crippen LogP contribution in [0.4, 0.5) is 10.2 Å². The van der Waals surface area contributed by atoms with Gasteiger partial charge in [-0.15, -0.1) is 5.10 Å². The number of benzene rings is 1. The van der Waals surface area contributed by atoms with Gasteiger partial charge in [0, 0.05) is 49.2 Å². The van der Waals surface area contributed by atoms with Crippen molar-refractivity contribution >= 4 is 11.5 Å². The third-order valence-corrected chi connectivity index (χ3v) is 5.61. The summed E-state index contributed by atoms with van der Waals surface area (Å²) in [7, 11) is 0. The first-order valence-corrected chi connectivity index (χ1v) is 10.3. The van der Waals surface area contributed by atoms with Gasteiger partial charge >= 0.3 is 0 Å². The third kappa shape index (κ3) is 3.41. The number of anilines is 1. The number of hydrogen-bond acceptors (Lipinski definition) is 5. The average molecular weight is 402 g/mol. The molecule has 152 valence electrons. The first-order valence-electron chi connectivity index (χ1n) is 10.3. The molecule has 0 amide bonds. The Bertz CT molecular complexity index is 1160. The van der Waals surface area contributed by atoms with Crippen LogP contribution in [0.2, 0.25) is 0 Å². The molecule has 1 aliphatic heterocycles. The Morgan fingerprint density at radius 2 is 1.83 bits per heavy atom. The number of nitrogens with zero attached hydrogens (tertiary/aromatic N) is 5. The lowest BCUT2D eigenvalue weighted by molar-refractivity contribution is 0.444. The molecule has 0 radical (unpaired) electrons. The number of aromatic nitrogens is 4. The zero-order valence-corrected chi connectivity index (χ0v) is 16.8. The standard InChI is InChI=1S/C23H23FN6/c1-2-19-15-29(14-13-26-19)21-8-7-20-27-22(16-3-5-18(24)6-4-16)23(30(20)28-21)17-9-11-25-12-10-17/h3-12,19,26H,2,13-15H2,1H3/t19-/m1/s1.